The van der Waals surface area contributed by atoms with Crippen LogP contribution in [-0.2, 0) is 4.79 Å². The molecule has 0 aromatic carbocycles. The van der Waals surface area contributed by atoms with Gasteiger partial charge in [0.2, 0.25) is 0 Å². The van der Waals surface area contributed by atoms with Crippen molar-refractivity contribution in [1.82, 2.24) is 0 Å². The zero-order chi connectivity index (χ0) is 19.4. The fourth-order valence-electron chi connectivity index (χ4n) is 8.24. The molecule has 0 radical (unpaired) electrons. The average Bonchev–Trinajstić information content (AvgIpc) is 2.94. The van der Waals surface area contributed by atoms with Gasteiger partial charge in [-0.25, -0.2) is 0 Å². The lowest BCUT2D eigenvalue weighted by molar-refractivity contribution is -0.150. The van der Waals surface area contributed by atoms with Crippen LogP contribution in [0.25, 0.3) is 0 Å². The maximum atomic E-state index is 11.7. The molecule has 0 aromatic heterocycles. The number of hydrogen-bond donors (Lipinski definition) is 1. The summed E-state index contributed by atoms with van der Waals surface area (Å²) in [5.74, 6) is 5.62. The van der Waals surface area contributed by atoms with Gasteiger partial charge in [-0.15, -0.1) is 12.2 Å². The van der Waals surface area contributed by atoms with Gasteiger partial charge >= 0.3 is 0 Å². The van der Waals surface area contributed by atoms with E-state index in [1.165, 1.54) is 19.1 Å². The molecule has 0 aromatic rings. The van der Waals surface area contributed by atoms with Crippen molar-refractivity contribution in [2.24, 2.45) is 46.3 Å². The number of carbonyl (C=O) groups excluding carboxylic acids is 1. The molecule has 0 aliphatic heterocycles. The summed E-state index contributed by atoms with van der Waals surface area (Å²) in [6.45, 7) is 8.54. The van der Waals surface area contributed by atoms with Gasteiger partial charge in [-0.3, -0.25) is 0 Å². The van der Waals surface area contributed by atoms with Crippen molar-refractivity contribution in [3.63, 3.8) is 0 Å². The topological polar surface area (TPSA) is 37.3 Å². The highest BCUT2D eigenvalue weighted by Gasteiger charge is 2.65. The highest BCUT2D eigenvalue weighted by Crippen LogP contribution is 2.69. The molecular weight excluding hydrogens is 332 g/mol. The van der Waals surface area contributed by atoms with Crippen LogP contribution in [0, 0.1) is 58.7 Å². The Kier molecular flexibility index (Phi) is 4.49. The van der Waals surface area contributed by atoms with Gasteiger partial charge < -0.3 is 9.90 Å². The van der Waals surface area contributed by atoms with Crippen LogP contribution in [0.5, 0.6) is 0 Å². The Labute approximate surface area is 164 Å². The summed E-state index contributed by atoms with van der Waals surface area (Å²) in [4.78, 5) is 11.7. The standard InChI is InChI=1S/C25H34O2/c1-5-7-18-17(16-26)10-13-23(3)20(18)9-8-19-21(23)11-14-24(4)22(19)12-15-25(24,27)6-2/h2,7,16-22,27H,1,8-15H2,3-4H3/t17?,18?,19-,20?,21+,22+,23+,24+,25?/m1/s1. The van der Waals surface area contributed by atoms with Crippen molar-refractivity contribution in [2.45, 2.75) is 70.8 Å². The number of terminal acetylenes is 1. The number of rotatable bonds is 2. The van der Waals surface area contributed by atoms with Crippen LogP contribution >= 0.6 is 0 Å². The van der Waals surface area contributed by atoms with E-state index >= 15 is 0 Å². The number of aldehydes is 1. The number of aliphatic hydroxyl groups is 1. The van der Waals surface area contributed by atoms with Crippen molar-refractivity contribution in [3.05, 3.63) is 18.4 Å². The Morgan fingerprint density at radius 3 is 2.44 bits per heavy atom. The molecule has 146 valence electrons. The molecule has 2 nitrogen and oxygen atoms in total. The third-order valence-corrected chi connectivity index (χ3v) is 9.79. The van der Waals surface area contributed by atoms with E-state index in [-0.39, 0.29) is 16.7 Å². The Bertz CT molecular complexity index is 712. The molecule has 2 heteroatoms. The summed E-state index contributed by atoms with van der Waals surface area (Å²) < 4.78 is 0. The number of hydrogen-bond acceptors (Lipinski definition) is 2. The highest BCUT2D eigenvalue weighted by molar-refractivity contribution is 5.55. The molecule has 4 unspecified atom stereocenters. The van der Waals surface area contributed by atoms with Gasteiger partial charge in [-0.2, -0.15) is 0 Å². The molecule has 0 saturated heterocycles. The molecule has 0 bridgehead atoms. The summed E-state index contributed by atoms with van der Waals surface area (Å²) in [7, 11) is 0. The zero-order valence-electron chi connectivity index (χ0n) is 16.9. The third kappa shape index (κ3) is 2.41. The minimum Gasteiger partial charge on any atom is -0.377 e. The largest absolute Gasteiger partial charge is 0.377 e. The second-order valence-corrected chi connectivity index (χ2v) is 10.4. The van der Waals surface area contributed by atoms with Crippen LogP contribution in [0.3, 0.4) is 0 Å². The Balaban J connectivity index is 1.67. The molecule has 4 rings (SSSR count). The molecule has 4 aliphatic carbocycles. The highest BCUT2D eigenvalue weighted by atomic mass is 16.3. The van der Waals surface area contributed by atoms with Crippen LogP contribution in [0.1, 0.15) is 65.2 Å². The predicted molar refractivity (Wildman–Crippen MR) is 108 cm³/mol. The molecule has 0 heterocycles. The van der Waals surface area contributed by atoms with Crippen molar-refractivity contribution in [3.8, 4) is 12.3 Å². The fraction of sp³-hybridized carbons (Fsp3) is 0.760. The average molecular weight is 367 g/mol. The minimum absolute atomic E-state index is 0.126. The molecule has 4 fully saturated rings. The third-order valence-electron chi connectivity index (χ3n) is 9.79. The monoisotopic (exact) mass is 366 g/mol. The van der Waals surface area contributed by atoms with E-state index in [4.69, 9.17) is 6.42 Å². The number of allylic oxidation sites excluding steroid dienone is 1. The summed E-state index contributed by atoms with van der Waals surface area (Å²) in [5, 5.41) is 11.1. The Hall–Kier alpha value is -1.29. The Morgan fingerprint density at radius 2 is 1.78 bits per heavy atom. The van der Waals surface area contributed by atoms with Crippen molar-refractivity contribution >= 4 is 6.29 Å². The van der Waals surface area contributed by atoms with Gasteiger partial charge in [-0.1, -0.05) is 26.3 Å². The summed E-state index contributed by atoms with van der Waals surface area (Å²) in [5.41, 5.74) is 2.21. The van der Waals surface area contributed by atoms with Gasteiger partial charge in [0.05, 0.1) is 0 Å². The van der Waals surface area contributed by atoms with Gasteiger partial charge in [-0.05, 0) is 92.4 Å². The normalized spacial score (nSPS) is 53.9. The van der Waals surface area contributed by atoms with E-state index < -0.39 is 5.60 Å². The molecule has 27 heavy (non-hydrogen) atoms. The first-order chi connectivity index (χ1) is 12.8. The molecule has 0 amide bonds. The second kappa shape index (κ2) is 6.37. The van der Waals surface area contributed by atoms with Gasteiger partial charge in [0.15, 0.2) is 0 Å². The van der Waals surface area contributed by atoms with E-state index in [9.17, 15) is 9.90 Å². The number of carbonyl (C=O) groups is 1. The van der Waals surface area contributed by atoms with Gasteiger partial charge in [0.1, 0.15) is 11.9 Å². The lowest BCUT2D eigenvalue weighted by atomic mass is 9.42. The minimum atomic E-state index is -0.927. The molecular formula is C25H34O2. The molecule has 4 aliphatic rings. The molecule has 0 spiro atoms. The SMILES string of the molecule is C#CC1(O)CC[C@H]2[C@@H]3CCC4C(C=C=C)C(C=O)CC[C@]4(C)[C@H]3CC[C@@]21C. The molecule has 4 saturated carbocycles. The summed E-state index contributed by atoms with van der Waals surface area (Å²) >= 11 is 0. The zero-order valence-corrected chi connectivity index (χ0v) is 16.9. The second-order valence-electron chi connectivity index (χ2n) is 10.4. The first-order valence-corrected chi connectivity index (χ1v) is 10.9. The summed E-state index contributed by atoms with van der Waals surface area (Å²) in [6, 6.07) is 0. The van der Waals surface area contributed by atoms with Crippen molar-refractivity contribution in [2.75, 3.05) is 0 Å². The first-order valence-electron chi connectivity index (χ1n) is 10.9. The van der Waals surface area contributed by atoms with E-state index in [1.807, 2.05) is 0 Å². The fourth-order valence-corrected chi connectivity index (χ4v) is 8.24. The van der Waals surface area contributed by atoms with E-state index in [0.29, 0.717) is 29.6 Å². The van der Waals surface area contributed by atoms with E-state index in [2.05, 4.69) is 38.2 Å². The Morgan fingerprint density at radius 1 is 1.04 bits per heavy atom. The lowest BCUT2D eigenvalue weighted by Crippen LogP contribution is -2.57. The van der Waals surface area contributed by atoms with Gasteiger partial charge in [0.25, 0.3) is 0 Å². The lowest BCUT2D eigenvalue weighted by Gasteiger charge is -2.62. The maximum Gasteiger partial charge on any atom is 0.130 e. The van der Waals surface area contributed by atoms with Gasteiger partial charge in [0, 0.05) is 11.3 Å². The van der Waals surface area contributed by atoms with E-state index in [1.54, 1.807) is 0 Å². The smallest absolute Gasteiger partial charge is 0.130 e. The van der Waals surface area contributed by atoms with Crippen LogP contribution in [0.4, 0.5) is 0 Å². The number of fused-ring (bicyclic) bond motifs is 5. The van der Waals surface area contributed by atoms with Crippen molar-refractivity contribution < 1.29 is 9.90 Å². The van der Waals surface area contributed by atoms with Crippen LogP contribution in [-0.4, -0.2) is 17.0 Å². The van der Waals surface area contributed by atoms with E-state index in [0.717, 1.165) is 38.5 Å². The van der Waals surface area contributed by atoms with Crippen LogP contribution < -0.4 is 0 Å². The van der Waals surface area contributed by atoms with Crippen molar-refractivity contribution in [1.29, 1.82) is 0 Å². The quantitative estimate of drug-likeness (QED) is 0.434. The summed E-state index contributed by atoms with van der Waals surface area (Å²) in [6.07, 6.45) is 17.6. The molecule has 9 atom stereocenters. The molecule has 1 N–H and O–H groups in total. The van der Waals surface area contributed by atoms with Crippen LogP contribution in [0.15, 0.2) is 18.4 Å². The maximum absolute atomic E-state index is 11.7. The first kappa shape index (κ1) is 19.0. The predicted octanol–water partition coefficient (Wildman–Crippen LogP) is 4.78. The van der Waals surface area contributed by atoms with Crippen LogP contribution in [0.2, 0.25) is 0 Å².